The van der Waals surface area contributed by atoms with Gasteiger partial charge < -0.3 is 10.7 Å². The van der Waals surface area contributed by atoms with Crippen LogP contribution in [-0.4, -0.2) is 15.0 Å². The molecule has 2 aromatic rings. The number of imidazole rings is 1. The minimum absolute atomic E-state index is 0.478. The molecular weight excluding hydrogens is 196 g/mol. The molecule has 0 aromatic carbocycles. The van der Waals surface area contributed by atoms with Crippen molar-refractivity contribution in [1.29, 1.82) is 0 Å². The van der Waals surface area contributed by atoms with E-state index in [0.29, 0.717) is 6.54 Å². The second-order valence-electron chi connectivity index (χ2n) is 2.69. The molecule has 0 amide bonds. The normalized spacial score (nSPS) is 10.4. The summed E-state index contributed by atoms with van der Waals surface area (Å²) in [5.74, 6) is 0. The zero-order valence-electron chi connectivity index (χ0n) is 7.47. The third-order valence-electron chi connectivity index (χ3n) is 1.69. The Kier molecular flexibility index (Phi) is 2.81. The van der Waals surface area contributed by atoms with Crippen LogP contribution in [0.1, 0.15) is 5.69 Å². The Morgan fingerprint density at radius 3 is 2.86 bits per heavy atom. The van der Waals surface area contributed by atoms with Crippen LogP contribution in [0.4, 0.5) is 0 Å². The number of aromatic nitrogens is 3. The van der Waals surface area contributed by atoms with Crippen molar-refractivity contribution in [3.05, 3.63) is 36.4 Å². The van der Waals surface area contributed by atoms with Gasteiger partial charge in [-0.15, -0.1) is 0 Å². The van der Waals surface area contributed by atoms with Crippen molar-refractivity contribution in [2.24, 2.45) is 5.73 Å². The summed E-state index contributed by atoms with van der Waals surface area (Å²) in [6, 6.07) is 3.91. The van der Waals surface area contributed by atoms with Crippen molar-refractivity contribution in [3.8, 4) is 0 Å². The molecule has 2 heterocycles. The molecule has 0 saturated carbocycles. The van der Waals surface area contributed by atoms with Gasteiger partial charge in [-0.25, -0.2) is 4.98 Å². The lowest BCUT2D eigenvalue weighted by atomic mass is 10.4. The molecule has 0 radical (unpaired) electrons. The van der Waals surface area contributed by atoms with E-state index < -0.39 is 0 Å². The summed E-state index contributed by atoms with van der Waals surface area (Å²) in [5, 5.41) is 0.868. The maximum atomic E-state index is 5.45. The zero-order chi connectivity index (χ0) is 9.80. The molecule has 0 aliphatic heterocycles. The maximum absolute atomic E-state index is 5.45. The van der Waals surface area contributed by atoms with Gasteiger partial charge in [-0.3, -0.25) is 4.98 Å². The van der Waals surface area contributed by atoms with Gasteiger partial charge in [0.05, 0.1) is 5.69 Å². The molecule has 0 aliphatic rings. The average molecular weight is 206 g/mol. The number of aromatic amines is 1. The lowest BCUT2D eigenvalue weighted by molar-refractivity contribution is 0.974. The summed E-state index contributed by atoms with van der Waals surface area (Å²) in [5.41, 5.74) is 6.35. The van der Waals surface area contributed by atoms with E-state index in [9.17, 15) is 0 Å². The molecule has 4 nitrogen and oxygen atoms in total. The SMILES string of the molecule is NCc1ccc(Sc2ncc[nH]2)cn1. The van der Waals surface area contributed by atoms with Crippen LogP contribution >= 0.6 is 11.8 Å². The monoisotopic (exact) mass is 206 g/mol. The number of hydrogen-bond donors (Lipinski definition) is 2. The number of rotatable bonds is 3. The van der Waals surface area contributed by atoms with E-state index >= 15 is 0 Å². The summed E-state index contributed by atoms with van der Waals surface area (Å²) in [4.78, 5) is 12.4. The number of pyridine rings is 1. The van der Waals surface area contributed by atoms with Crippen LogP contribution < -0.4 is 5.73 Å². The number of nitrogens with two attached hydrogens (primary N) is 1. The molecule has 0 spiro atoms. The van der Waals surface area contributed by atoms with Crippen molar-refractivity contribution < 1.29 is 0 Å². The molecule has 2 aromatic heterocycles. The summed E-state index contributed by atoms with van der Waals surface area (Å²) in [6.45, 7) is 0.478. The summed E-state index contributed by atoms with van der Waals surface area (Å²) in [7, 11) is 0. The van der Waals surface area contributed by atoms with Gasteiger partial charge in [-0.2, -0.15) is 0 Å². The Labute approximate surface area is 86.0 Å². The predicted molar refractivity (Wildman–Crippen MR) is 54.8 cm³/mol. The highest BCUT2D eigenvalue weighted by atomic mass is 32.2. The van der Waals surface area contributed by atoms with Crippen molar-refractivity contribution in [2.75, 3.05) is 0 Å². The smallest absolute Gasteiger partial charge is 0.170 e. The number of nitrogens with one attached hydrogen (secondary N) is 1. The van der Waals surface area contributed by atoms with E-state index in [2.05, 4.69) is 15.0 Å². The Hall–Kier alpha value is -1.33. The Morgan fingerprint density at radius 1 is 1.36 bits per heavy atom. The highest BCUT2D eigenvalue weighted by Crippen LogP contribution is 2.23. The molecule has 2 rings (SSSR count). The van der Waals surface area contributed by atoms with E-state index in [1.807, 2.05) is 12.1 Å². The third-order valence-corrected chi connectivity index (χ3v) is 2.59. The topological polar surface area (TPSA) is 67.6 Å². The fourth-order valence-electron chi connectivity index (χ4n) is 1.01. The molecule has 0 aliphatic carbocycles. The first kappa shape index (κ1) is 9.23. The Bertz CT molecular complexity index is 382. The Balaban J connectivity index is 2.10. The van der Waals surface area contributed by atoms with Crippen LogP contribution in [0.15, 0.2) is 40.8 Å². The minimum atomic E-state index is 0.478. The highest BCUT2D eigenvalue weighted by Gasteiger charge is 1.99. The number of H-pyrrole nitrogens is 1. The van der Waals surface area contributed by atoms with Crippen LogP contribution in [0.25, 0.3) is 0 Å². The van der Waals surface area contributed by atoms with E-state index in [1.165, 1.54) is 0 Å². The molecule has 3 N–H and O–H groups in total. The molecule has 72 valence electrons. The molecule has 0 bridgehead atoms. The van der Waals surface area contributed by atoms with Gasteiger partial charge in [0.15, 0.2) is 5.16 Å². The molecule has 0 atom stereocenters. The molecule has 5 heteroatoms. The molecule has 0 fully saturated rings. The minimum Gasteiger partial charge on any atom is -0.339 e. The van der Waals surface area contributed by atoms with Crippen LogP contribution in [0.3, 0.4) is 0 Å². The number of hydrogen-bond acceptors (Lipinski definition) is 4. The first-order chi connectivity index (χ1) is 6.88. The van der Waals surface area contributed by atoms with Crippen molar-refractivity contribution in [3.63, 3.8) is 0 Å². The van der Waals surface area contributed by atoms with Gasteiger partial charge in [-0.1, -0.05) is 11.8 Å². The Morgan fingerprint density at radius 2 is 2.29 bits per heavy atom. The standard InChI is InChI=1S/C9H10N4S/c10-5-7-1-2-8(6-13-7)14-9-11-3-4-12-9/h1-4,6H,5,10H2,(H,11,12). The zero-order valence-corrected chi connectivity index (χ0v) is 8.29. The van der Waals surface area contributed by atoms with Crippen LogP contribution in [0.5, 0.6) is 0 Å². The average Bonchev–Trinajstić information content (AvgIpc) is 2.72. The predicted octanol–water partition coefficient (Wildman–Crippen LogP) is 1.41. The quantitative estimate of drug-likeness (QED) is 0.796. The van der Waals surface area contributed by atoms with Crippen LogP contribution in [-0.2, 0) is 6.54 Å². The lowest BCUT2D eigenvalue weighted by Gasteiger charge is -1.98. The molecule has 0 saturated heterocycles. The molecular formula is C9H10N4S. The van der Waals surface area contributed by atoms with Crippen molar-refractivity contribution >= 4 is 11.8 Å². The van der Waals surface area contributed by atoms with E-state index in [0.717, 1.165) is 15.7 Å². The van der Waals surface area contributed by atoms with Gasteiger partial charge in [0, 0.05) is 30.0 Å². The first-order valence-corrected chi connectivity index (χ1v) is 5.02. The van der Waals surface area contributed by atoms with Crippen molar-refractivity contribution in [2.45, 2.75) is 16.6 Å². The van der Waals surface area contributed by atoms with Gasteiger partial charge in [0.2, 0.25) is 0 Å². The fraction of sp³-hybridized carbons (Fsp3) is 0.111. The van der Waals surface area contributed by atoms with Crippen molar-refractivity contribution in [1.82, 2.24) is 15.0 Å². The van der Waals surface area contributed by atoms with Gasteiger partial charge in [0.1, 0.15) is 0 Å². The number of nitrogens with zero attached hydrogens (tertiary/aromatic N) is 2. The third kappa shape index (κ3) is 2.12. The second kappa shape index (κ2) is 4.26. The van der Waals surface area contributed by atoms with Gasteiger partial charge >= 0.3 is 0 Å². The van der Waals surface area contributed by atoms with Crippen LogP contribution in [0, 0.1) is 0 Å². The lowest BCUT2D eigenvalue weighted by Crippen LogP contribution is -1.98. The van der Waals surface area contributed by atoms with Gasteiger partial charge in [-0.05, 0) is 12.1 Å². The van der Waals surface area contributed by atoms with Crippen LogP contribution in [0.2, 0.25) is 0 Å². The van der Waals surface area contributed by atoms with E-state index in [1.54, 1.807) is 30.4 Å². The van der Waals surface area contributed by atoms with E-state index in [4.69, 9.17) is 5.73 Å². The fourth-order valence-corrected chi connectivity index (χ4v) is 1.72. The largest absolute Gasteiger partial charge is 0.339 e. The van der Waals surface area contributed by atoms with Gasteiger partial charge in [0.25, 0.3) is 0 Å². The highest BCUT2D eigenvalue weighted by molar-refractivity contribution is 7.99. The second-order valence-corrected chi connectivity index (χ2v) is 3.75. The molecule has 14 heavy (non-hydrogen) atoms. The first-order valence-electron chi connectivity index (χ1n) is 4.21. The van der Waals surface area contributed by atoms with E-state index in [-0.39, 0.29) is 0 Å². The summed E-state index contributed by atoms with van der Waals surface area (Å²) < 4.78 is 0. The summed E-state index contributed by atoms with van der Waals surface area (Å²) >= 11 is 1.54. The summed E-state index contributed by atoms with van der Waals surface area (Å²) in [6.07, 6.45) is 5.32. The molecule has 0 unspecified atom stereocenters. The maximum Gasteiger partial charge on any atom is 0.170 e.